The summed E-state index contributed by atoms with van der Waals surface area (Å²) >= 11 is 7.44. The molecule has 1 aromatic carbocycles. The predicted molar refractivity (Wildman–Crippen MR) is 107 cm³/mol. The Balaban J connectivity index is 1.48. The summed E-state index contributed by atoms with van der Waals surface area (Å²) in [6.45, 7) is 2.91. The number of hydrogen-bond donors (Lipinski definition) is 1. The molecule has 140 valence electrons. The molecule has 0 spiro atoms. The Morgan fingerprint density at radius 2 is 1.81 bits per heavy atom. The molecule has 1 aliphatic rings. The highest BCUT2D eigenvalue weighted by Crippen LogP contribution is 2.34. The molecule has 1 aliphatic heterocycles. The first-order valence-corrected chi connectivity index (χ1v) is 10.0. The van der Waals surface area contributed by atoms with Crippen LogP contribution < -0.4 is 0 Å². The quantitative estimate of drug-likeness (QED) is 0.721. The van der Waals surface area contributed by atoms with Gasteiger partial charge in [0.05, 0.1) is 5.60 Å². The van der Waals surface area contributed by atoms with Gasteiger partial charge in [-0.25, -0.2) is 4.98 Å². The lowest BCUT2D eigenvalue weighted by molar-refractivity contribution is -0.0212. The average Bonchev–Trinajstić information content (AvgIpc) is 3.32. The summed E-state index contributed by atoms with van der Waals surface area (Å²) in [6, 6.07) is 11.1. The van der Waals surface area contributed by atoms with Gasteiger partial charge in [0, 0.05) is 35.4 Å². The van der Waals surface area contributed by atoms with Gasteiger partial charge in [-0.05, 0) is 49.6 Å². The second-order valence-electron chi connectivity index (χ2n) is 6.82. The van der Waals surface area contributed by atoms with E-state index in [9.17, 15) is 9.90 Å². The van der Waals surface area contributed by atoms with E-state index < -0.39 is 5.60 Å². The highest BCUT2D eigenvalue weighted by molar-refractivity contribution is 7.14. The minimum atomic E-state index is -0.922. The van der Waals surface area contributed by atoms with Gasteiger partial charge in [0.25, 0.3) is 5.91 Å². The van der Waals surface area contributed by atoms with E-state index in [2.05, 4.69) is 4.98 Å². The summed E-state index contributed by atoms with van der Waals surface area (Å²) in [5.74, 6) is -0.0692. The number of carbonyl (C=O) groups excluding carboxylic acids is 1. The summed E-state index contributed by atoms with van der Waals surface area (Å²) in [5.41, 5.74) is 0.425. The van der Waals surface area contributed by atoms with E-state index >= 15 is 0 Å². The van der Waals surface area contributed by atoms with Crippen LogP contribution in [-0.4, -0.2) is 38.6 Å². The van der Waals surface area contributed by atoms with E-state index in [1.54, 1.807) is 17.0 Å². The molecule has 0 bridgehead atoms. The number of halogens is 1. The fourth-order valence-corrected chi connectivity index (χ4v) is 4.43. The van der Waals surface area contributed by atoms with Crippen LogP contribution in [0.15, 0.2) is 48.8 Å². The molecule has 3 heterocycles. The zero-order valence-corrected chi connectivity index (χ0v) is 16.5. The van der Waals surface area contributed by atoms with Crippen molar-refractivity contribution in [1.82, 2.24) is 14.5 Å². The van der Waals surface area contributed by atoms with E-state index in [4.69, 9.17) is 11.6 Å². The Bertz CT molecular complexity index is 942. The van der Waals surface area contributed by atoms with Crippen LogP contribution in [0.3, 0.4) is 0 Å². The van der Waals surface area contributed by atoms with Crippen molar-refractivity contribution in [2.75, 3.05) is 13.1 Å². The molecular weight excluding hydrogens is 382 g/mol. The molecular formula is C20H20ClN3O2S. The highest BCUT2D eigenvalue weighted by atomic mass is 35.5. The van der Waals surface area contributed by atoms with Crippen LogP contribution in [0, 0.1) is 6.92 Å². The molecule has 4 rings (SSSR count). The maximum absolute atomic E-state index is 13.0. The highest BCUT2D eigenvalue weighted by Gasteiger charge is 2.36. The van der Waals surface area contributed by atoms with Gasteiger partial charge >= 0.3 is 0 Å². The molecule has 5 nitrogen and oxygen atoms in total. The molecule has 0 aliphatic carbocycles. The fraction of sp³-hybridized carbons (Fsp3) is 0.300. The molecule has 1 amide bonds. The lowest BCUT2D eigenvalue weighted by atomic mass is 9.84. The number of carbonyl (C=O) groups is 1. The summed E-state index contributed by atoms with van der Waals surface area (Å²) in [7, 11) is 0. The molecule has 7 heteroatoms. The van der Waals surface area contributed by atoms with Crippen molar-refractivity contribution in [3.05, 3.63) is 69.9 Å². The van der Waals surface area contributed by atoms with Crippen molar-refractivity contribution in [3.63, 3.8) is 0 Å². The van der Waals surface area contributed by atoms with Crippen molar-refractivity contribution >= 4 is 28.8 Å². The first-order chi connectivity index (χ1) is 13.0. The van der Waals surface area contributed by atoms with Gasteiger partial charge in [-0.2, -0.15) is 0 Å². The van der Waals surface area contributed by atoms with Crippen LogP contribution in [0.1, 0.15) is 33.8 Å². The SMILES string of the molecule is Cc1sc(-n2cccc2)nc1C(=O)N1CCC(O)(c2ccc(Cl)cc2)CC1. The third-order valence-corrected chi connectivity index (χ3v) is 6.31. The molecule has 1 saturated heterocycles. The molecule has 0 atom stereocenters. The molecule has 27 heavy (non-hydrogen) atoms. The number of amides is 1. The molecule has 0 saturated carbocycles. The van der Waals surface area contributed by atoms with E-state index in [1.165, 1.54) is 11.3 Å². The summed E-state index contributed by atoms with van der Waals surface area (Å²) in [4.78, 5) is 20.2. The fourth-order valence-electron chi connectivity index (χ4n) is 3.43. The van der Waals surface area contributed by atoms with Gasteiger partial charge < -0.3 is 14.6 Å². The smallest absolute Gasteiger partial charge is 0.273 e. The van der Waals surface area contributed by atoms with Gasteiger partial charge in [0.1, 0.15) is 5.69 Å². The van der Waals surface area contributed by atoms with Crippen molar-refractivity contribution in [2.45, 2.75) is 25.4 Å². The summed E-state index contributed by atoms with van der Waals surface area (Å²) < 4.78 is 1.91. The van der Waals surface area contributed by atoms with Crippen LogP contribution in [0.2, 0.25) is 5.02 Å². The number of thiazole rings is 1. The normalized spacial score (nSPS) is 16.5. The van der Waals surface area contributed by atoms with E-state index in [1.807, 2.05) is 48.1 Å². The minimum absolute atomic E-state index is 0.0692. The van der Waals surface area contributed by atoms with Crippen molar-refractivity contribution in [2.24, 2.45) is 0 Å². The van der Waals surface area contributed by atoms with Crippen molar-refractivity contribution in [3.8, 4) is 5.13 Å². The predicted octanol–water partition coefficient (Wildman–Crippen LogP) is 4.02. The Morgan fingerprint density at radius 3 is 2.44 bits per heavy atom. The third-order valence-electron chi connectivity index (χ3n) is 5.07. The van der Waals surface area contributed by atoms with Crippen molar-refractivity contribution < 1.29 is 9.90 Å². The van der Waals surface area contributed by atoms with E-state index in [0.717, 1.165) is 15.6 Å². The summed E-state index contributed by atoms with van der Waals surface area (Å²) in [5, 5.41) is 12.4. The standard InChI is InChI=1S/C20H20ClN3O2S/c1-14-17(22-19(27-14)24-10-2-3-11-24)18(25)23-12-8-20(26,9-13-23)15-4-6-16(21)7-5-15/h2-7,10-11,26H,8-9,12-13H2,1H3. The van der Waals surface area contributed by atoms with Crippen LogP contribution in [0.5, 0.6) is 0 Å². The topological polar surface area (TPSA) is 58.4 Å². The van der Waals surface area contributed by atoms with E-state index in [0.29, 0.717) is 36.6 Å². The average molecular weight is 402 g/mol. The molecule has 1 N–H and O–H groups in total. The Morgan fingerprint density at radius 1 is 1.19 bits per heavy atom. The number of aliphatic hydroxyl groups is 1. The monoisotopic (exact) mass is 401 g/mol. The lowest BCUT2D eigenvalue weighted by Gasteiger charge is -2.38. The molecule has 0 radical (unpaired) electrons. The van der Waals surface area contributed by atoms with Gasteiger partial charge in [-0.1, -0.05) is 23.7 Å². The zero-order valence-electron chi connectivity index (χ0n) is 14.9. The number of hydrogen-bond acceptors (Lipinski definition) is 4. The van der Waals surface area contributed by atoms with Crippen LogP contribution in [-0.2, 0) is 5.60 Å². The number of rotatable bonds is 3. The lowest BCUT2D eigenvalue weighted by Crippen LogP contribution is -2.45. The Hall–Kier alpha value is -2.15. The largest absolute Gasteiger partial charge is 0.385 e. The second-order valence-corrected chi connectivity index (χ2v) is 8.44. The summed E-state index contributed by atoms with van der Waals surface area (Å²) in [6.07, 6.45) is 4.82. The first kappa shape index (κ1) is 18.2. The minimum Gasteiger partial charge on any atom is -0.385 e. The van der Waals surface area contributed by atoms with Gasteiger partial charge in [0.15, 0.2) is 5.13 Å². The van der Waals surface area contributed by atoms with Gasteiger partial charge in [-0.3, -0.25) is 4.79 Å². The number of benzene rings is 1. The van der Waals surface area contributed by atoms with E-state index in [-0.39, 0.29) is 5.91 Å². The molecule has 3 aromatic rings. The van der Waals surface area contributed by atoms with Crippen LogP contribution in [0.25, 0.3) is 5.13 Å². The maximum Gasteiger partial charge on any atom is 0.273 e. The second kappa shape index (κ2) is 7.11. The van der Waals surface area contributed by atoms with Crippen molar-refractivity contribution in [1.29, 1.82) is 0 Å². The number of piperidine rings is 1. The first-order valence-electron chi connectivity index (χ1n) is 8.85. The third kappa shape index (κ3) is 3.52. The Labute approximate surface area is 166 Å². The molecule has 0 unspecified atom stereocenters. The zero-order chi connectivity index (χ0) is 19.0. The molecule has 2 aromatic heterocycles. The van der Waals surface area contributed by atoms with Gasteiger partial charge in [-0.15, -0.1) is 11.3 Å². The number of likely N-dealkylation sites (tertiary alicyclic amines) is 1. The number of aryl methyl sites for hydroxylation is 1. The van der Waals surface area contributed by atoms with Crippen LogP contribution >= 0.6 is 22.9 Å². The van der Waals surface area contributed by atoms with Gasteiger partial charge in [0.2, 0.25) is 0 Å². The van der Waals surface area contributed by atoms with Crippen LogP contribution in [0.4, 0.5) is 0 Å². The number of nitrogens with zero attached hydrogens (tertiary/aromatic N) is 3. The molecule has 1 fully saturated rings. The maximum atomic E-state index is 13.0. The Kier molecular flexibility index (Phi) is 4.80. The number of aromatic nitrogens is 2.